The van der Waals surface area contributed by atoms with E-state index in [2.05, 4.69) is 10.1 Å². The second kappa shape index (κ2) is 6.39. The molecule has 1 aromatic rings. The molecule has 0 radical (unpaired) electrons. The number of amides is 1. The third-order valence-corrected chi connectivity index (χ3v) is 2.61. The van der Waals surface area contributed by atoms with Crippen molar-refractivity contribution in [1.29, 1.82) is 0 Å². The highest BCUT2D eigenvalue weighted by molar-refractivity contribution is 7.12. The van der Waals surface area contributed by atoms with Crippen LogP contribution in [0.2, 0.25) is 0 Å². The van der Waals surface area contributed by atoms with Crippen LogP contribution >= 0.6 is 11.3 Å². The number of nitrogens with one attached hydrogen (secondary N) is 1. The average molecular weight is 250 g/mol. The van der Waals surface area contributed by atoms with Crippen LogP contribution in [-0.2, 0) is 4.74 Å². The summed E-state index contributed by atoms with van der Waals surface area (Å²) >= 11 is 1.23. The van der Waals surface area contributed by atoms with E-state index in [1.54, 1.807) is 11.4 Å². The lowest BCUT2D eigenvalue weighted by atomic mass is 10.4. The highest BCUT2D eigenvalue weighted by Crippen LogP contribution is 2.17. The van der Waals surface area contributed by atoms with Gasteiger partial charge in [-0.3, -0.25) is 4.79 Å². The molecule has 0 atom stereocenters. The molecule has 0 aliphatic heterocycles. The highest BCUT2D eigenvalue weighted by Gasteiger charge is 2.10. The Labute approximate surface area is 95.4 Å². The van der Waals surface area contributed by atoms with E-state index in [0.717, 1.165) is 0 Å². The van der Waals surface area contributed by atoms with Gasteiger partial charge in [0.15, 0.2) is 0 Å². The molecule has 1 heterocycles. The fraction of sp³-hybridized carbons (Fsp3) is 0.444. The second-order valence-corrected chi connectivity index (χ2v) is 3.84. The van der Waals surface area contributed by atoms with Crippen molar-refractivity contribution in [2.24, 2.45) is 0 Å². The monoisotopic (exact) mass is 250 g/mol. The highest BCUT2D eigenvalue weighted by atomic mass is 32.1. The van der Waals surface area contributed by atoms with Gasteiger partial charge in [0.05, 0.1) is 12.3 Å². The van der Waals surface area contributed by atoms with Gasteiger partial charge >= 0.3 is 0 Å². The van der Waals surface area contributed by atoms with Crippen molar-refractivity contribution in [3.63, 3.8) is 0 Å². The summed E-state index contributed by atoms with van der Waals surface area (Å²) in [6, 6.07) is 1.63. The number of alkyl halides is 2. The zero-order valence-corrected chi connectivity index (χ0v) is 9.23. The first-order chi connectivity index (χ1) is 7.61. The quantitative estimate of drug-likeness (QED) is 0.749. The SMILES string of the molecule is Nc1ccsc1C(=O)NCCOCC(F)F. The zero-order chi connectivity index (χ0) is 12.0. The van der Waals surface area contributed by atoms with Crippen LogP contribution in [0.15, 0.2) is 11.4 Å². The van der Waals surface area contributed by atoms with Crippen LogP contribution in [0.1, 0.15) is 9.67 Å². The van der Waals surface area contributed by atoms with Crippen LogP contribution in [-0.4, -0.2) is 32.1 Å². The summed E-state index contributed by atoms with van der Waals surface area (Å²) < 4.78 is 27.9. The molecular weight excluding hydrogens is 238 g/mol. The van der Waals surface area contributed by atoms with E-state index in [0.29, 0.717) is 10.6 Å². The number of nitrogens with two attached hydrogens (primary N) is 1. The summed E-state index contributed by atoms with van der Waals surface area (Å²) in [6.07, 6.45) is -2.48. The van der Waals surface area contributed by atoms with Crippen LogP contribution in [0.3, 0.4) is 0 Å². The van der Waals surface area contributed by atoms with Crippen molar-refractivity contribution in [3.05, 3.63) is 16.3 Å². The Hall–Kier alpha value is -1.21. The molecule has 1 amide bonds. The summed E-state index contributed by atoms with van der Waals surface area (Å²) in [6.45, 7) is -0.374. The Bertz CT molecular complexity index is 344. The number of nitrogen functional groups attached to an aromatic ring is 1. The molecule has 7 heteroatoms. The minimum atomic E-state index is -2.48. The number of hydrogen-bond donors (Lipinski definition) is 2. The number of thiophene rings is 1. The Morgan fingerprint density at radius 3 is 2.94 bits per heavy atom. The van der Waals surface area contributed by atoms with Crippen molar-refractivity contribution in [2.75, 3.05) is 25.5 Å². The zero-order valence-electron chi connectivity index (χ0n) is 8.41. The summed E-state index contributed by atoms with van der Waals surface area (Å²) in [5.74, 6) is -0.312. The van der Waals surface area contributed by atoms with Gasteiger partial charge in [-0.25, -0.2) is 8.78 Å². The molecule has 1 aromatic heterocycles. The van der Waals surface area contributed by atoms with Gasteiger partial charge in [0.25, 0.3) is 12.3 Å². The van der Waals surface area contributed by atoms with E-state index in [9.17, 15) is 13.6 Å². The smallest absolute Gasteiger partial charge is 0.263 e. The first kappa shape index (κ1) is 12.9. The molecule has 0 spiro atoms. The topological polar surface area (TPSA) is 64.4 Å². The predicted octanol–water partition coefficient (Wildman–Crippen LogP) is 1.34. The Morgan fingerprint density at radius 2 is 2.38 bits per heavy atom. The van der Waals surface area contributed by atoms with Crippen LogP contribution in [0.5, 0.6) is 0 Å². The van der Waals surface area contributed by atoms with Gasteiger partial charge in [0, 0.05) is 6.54 Å². The Kier molecular flexibility index (Phi) is 5.13. The predicted molar refractivity (Wildman–Crippen MR) is 57.9 cm³/mol. The van der Waals surface area contributed by atoms with Crippen LogP contribution < -0.4 is 11.1 Å². The minimum Gasteiger partial charge on any atom is -0.397 e. The van der Waals surface area contributed by atoms with Crippen LogP contribution in [0.4, 0.5) is 14.5 Å². The Morgan fingerprint density at radius 1 is 1.62 bits per heavy atom. The van der Waals surface area contributed by atoms with Gasteiger partial charge in [-0.15, -0.1) is 11.3 Å². The first-order valence-corrected chi connectivity index (χ1v) is 5.46. The first-order valence-electron chi connectivity index (χ1n) is 4.58. The standard InChI is InChI=1S/C9H12F2N2O2S/c10-7(11)5-15-3-2-13-9(14)8-6(12)1-4-16-8/h1,4,7H,2-3,5,12H2,(H,13,14). The van der Waals surface area contributed by atoms with E-state index in [1.165, 1.54) is 11.3 Å². The largest absolute Gasteiger partial charge is 0.397 e. The molecule has 0 saturated heterocycles. The number of hydrogen-bond acceptors (Lipinski definition) is 4. The lowest BCUT2D eigenvalue weighted by molar-refractivity contribution is 0.0188. The molecule has 0 aliphatic carbocycles. The molecule has 4 nitrogen and oxygen atoms in total. The van der Waals surface area contributed by atoms with E-state index in [4.69, 9.17) is 5.73 Å². The van der Waals surface area contributed by atoms with Gasteiger partial charge in [-0.2, -0.15) is 0 Å². The number of halogens is 2. The third-order valence-electron chi connectivity index (χ3n) is 1.68. The van der Waals surface area contributed by atoms with Crippen molar-refractivity contribution in [3.8, 4) is 0 Å². The maximum Gasteiger partial charge on any atom is 0.263 e. The molecule has 0 saturated carbocycles. The lowest BCUT2D eigenvalue weighted by Crippen LogP contribution is -2.27. The molecule has 0 aliphatic rings. The van der Waals surface area contributed by atoms with E-state index in [1.807, 2.05) is 0 Å². The molecule has 0 bridgehead atoms. The Balaban J connectivity index is 2.19. The number of carbonyl (C=O) groups excluding carboxylic acids is 1. The van der Waals surface area contributed by atoms with Gasteiger partial charge < -0.3 is 15.8 Å². The van der Waals surface area contributed by atoms with Crippen LogP contribution in [0.25, 0.3) is 0 Å². The van der Waals surface area contributed by atoms with Crippen LogP contribution in [0, 0.1) is 0 Å². The van der Waals surface area contributed by atoms with Gasteiger partial charge in [-0.05, 0) is 11.4 Å². The maximum absolute atomic E-state index is 11.7. The summed E-state index contributed by atoms with van der Waals surface area (Å²) in [4.78, 5) is 11.9. The molecule has 16 heavy (non-hydrogen) atoms. The third kappa shape index (κ3) is 4.11. The summed E-state index contributed by atoms with van der Waals surface area (Å²) in [5.41, 5.74) is 5.94. The number of ether oxygens (including phenoxy) is 1. The van der Waals surface area contributed by atoms with Crippen molar-refractivity contribution < 1.29 is 18.3 Å². The molecule has 3 N–H and O–H groups in total. The summed E-state index contributed by atoms with van der Waals surface area (Å²) in [7, 11) is 0. The van der Waals surface area contributed by atoms with Gasteiger partial charge in [0.2, 0.25) is 0 Å². The molecule has 0 aromatic carbocycles. The van der Waals surface area contributed by atoms with E-state index >= 15 is 0 Å². The lowest BCUT2D eigenvalue weighted by Gasteiger charge is -2.05. The van der Waals surface area contributed by atoms with Crippen molar-refractivity contribution in [2.45, 2.75) is 6.43 Å². The fourth-order valence-corrected chi connectivity index (χ4v) is 1.73. The number of anilines is 1. The van der Waals surface area contributed by atoms with Crippen molar-refractivity contribution >= 4 is 22.9 Å². The van der Waals surface area contributed by atoms with E-state index in [-0.39, 0.29) is 19.1 Å². The van der Waals surface area contributed by atoms with E-state index < -0.39 is 13.0 Å². The fourth-order valence-electron chi connectivity index (χ4n) is 0.993. The molecule has 90 valence electrons. The average Bonchev–Trinajstić information content (AvgIpc) is 2.63. The number of rotatable bonds is 6. The van der Waals surface area contributed by atoms with Crippen molar-refractivity contribution in [1.82, 2.24) is 5.32 Å². The second-order valence-electron chi connectivity index (χ2n) is 2.93. The molecule has 1 rings (SSSR count). The minimum absolute atomic E-state index is 0.0569. The van der Waals surface area contributed by atoms with Gasteiger partial charge in [0.1, 0.15) is 11.5 Å². The molecule has 0 fully saturated rings. The number of carbonyl (C=O) groups is 1. The summed E-state index contributed by atoms with van der Waals surface area (Å²) in [5, 5.41) is 4.23. The maximum atomic E-state index is 11.7. The normalized spacial score (nSPS) is 10.7. The molecule has 0 unspecified atom stereocenters. The van der Waals surface area contributed by atoms with Gasteiger partial charge in [-0.1, -0.05) is 0 Å². The molecular formula is C9H12F2N2O2S.